The third-order valence-electron chi connectivity index (χ3n) is 2.88. The summed E-state index contributed by atoms with van der Waals surface area (Å²) in [4.78, 5) is 11.7. The molecule has 0 radical (unpaired) electrons. The molecule has 1 rings (SSSR count). The van der Waals surface area contributed by atoms with Crippen LogP contribution in [0.2, 0.25) is 0 Å². The number of nitrogens with one attached hydrogen (secondary N) is 1. The molecule has 1 unspecified atom stereocenters. The van der Waals surface area contributed by atoms with Gasteiger partial charge in [0, 0.05) is 13.7 Å². The Morgan fingerprint density at radius 2 is 2.33 bits per heavy atom. The molecule has 1 aliphatic rings. The fourth-order valence-corrected chi connectivity index (χ4v) is 1.67. The zero-order chi connectivity index (χ0) is 11.3. The van der Waals surface area contributed by atoms with Gasteiger partial charge in [0.05, 0.1) is 18.2 Å². The molecule has 1 atom stereocenters. The van der Waals surface area contributed by atoms with Crippen molar-refractivity contribution in [1.29, 1.82) is 0 Å². The first-order chi connectivity index (χ1) is 7.12. The molecule has 1 fully saturated rings. The normalized spacial score (nSPS) is 20.5. The van der Waals surface area contributed by atoms with Crippen molar-refractivity contribution in [1.82, 2.24) is 5.32 Å². The van der Waals surface area contributed by atoms with E-state index < -0.39 is 5.54 Å². The minimum Gasteiger partial charge on any atom is -0.396 e. The van der Waals surface area contributed by atoms with Crippen LogP contribution in [-0.4, -0.2) is 42.9 Å². The number of amides is 1. The van der Waals surface area contributed by atoms with Crippen molar-refractivity contribution in [3.05, 3.63) is 0 Å². The van der Waals surface area contributed by atoms with Crippen molar-refractivity contribution >= 4 is 5.91 Å². The van der Waals surface area contributed by atoms with E-state index in [1.807, 2.05) is 0 Å². The summed E-state index contributed by atoms with van der Waals surface area (Å²) in [6.07, 6.45) is 3.00. The van der Waals surface area contributed by atoms with Gasteiger partial charge in [-0.2, -0.15) is 0 Å². The first-order valence-corrected chi connectivity index (χ1v) is 5.32. The summed E-state index contributed by atoms with van der Waals surface area (Å²) >= 11 is 0. The summed E-state index contributed by atoms with van der Waals surface area (Å²) in [5.41, 5.74) is 5.19. The van der Waals surface area contributed by atoms with Gasteiger partial charge in [-0.05, 0) is 25.7 Å². The van der Waals surface area contributed by atoms with Crippen molar-refractivity contribution in [2.45, 2.75) is 37.3 Å². The van der Waals surface area contributed by atoms with Crippen LogP contribution in [0, 0.1) is 0 Å². The van der Waals surface area contributed by atoms with E-state index in [4.69, 9.17) is 15.6 Å². The molecule has 0 aromatic rings. The molecule has 5 heteroatoms. The highest BCUT2D eigenvalue weighted by Gasteiger charge is 2.40. The Balaban J connectivity index is 2.39. The van der Waals surface area contributed by atoms with Gasteiger partial charge in [-0.25, -0.2) is 0 Å². The van der Waals surface area contributed by atoms with Crippen molar-refractivity contribution in [2.24, 2.45) is 5.73 Å². The van der Waals surface area contributed by atoms with Crippen molar-refractivity contribution < 1.29 is 14.6 Å². The van der Waals surface area contributed by atoms with Gasteiger partial charge < -0.3 is 20.9 Å². The number of methoxy groups -OCH3 is 1. The smallest absolute Gasteiger partial charge is 0.240 e. The van der Waals surface area contributed by atoms with Gasteiger partial charge in [-0.3, -0.25) is 4.79 Å². The molecule has 15 heavy (non-hydrogen) atoms. The van der Waals surface area contributed by atoms with Crippen LogP contribution in [0.1, 0.15) is 25.7 Å². The minimum absolute atomic E-state index is 0.0336. The van der Waals surface area contributed by atoms with Gasteiger partial charge in [0.15, 0.2) is 0 Å². The van der Waals surface area contributed by atoms with E-state index in [-0.39, 0.29) is 18.6 Å². The van der Waals surface area contributed by atoms with E-state index in [1.54, 1.807) is 7.11 Å². The van der Waals surface area contributed by atoms with E-state index in [1.165, 1.54) is 0 Å². The third kappa shape index (κ3) is 3.15. The molecule has 0 aromatic heterocycles. The predicted molar refractivity (Wildman–Crippen MR) is 56.3 cm³/mol. The molecule has 5 nitrogen and oxygen atoms in total. The Kier molecular flexibility index (Phi) is 4.50. The number of aliphatic hydroxyl groups is 1. The van der Waals surface area contributed by atoms with E-state index in [9.17, 15) is 4.79 Å². The summed E-state index contributed by atoms with van der Waals surface area (Å²) < 4.78 is 4.96. The van der Waals surface area contributed by atoms with Crippen molar-refractivity contribution in [2.75, 3.05) is 20.3 Å². The Bertz CT molecular complexity index is 211. The van der Waals surface area contributed by atoms with E-state index >= 15 is 0 Å². The van der Waals surface area contributed by atoms with Gasteiger partial charge >= 0.3 is 0 Å². The van der Waals surface area contributed by atoms with Crippen LogP contribution in [0.3, 0.4) is 0 Å². The molecule has 1 amide bonds. The Morgan fingerprint density at radius 3 is 2.73 bits per heavy atom. The number of nitrogens with two attached hydrogens (primary N) is 1. The van der Waals surface area contributed by atoms with Crippen LogP contribution in [0.15, 0.2) is 0 Å². The van der Waals surface area contributed by atoms with Gasteiger partial charge in [0.2, 0.25) is 5.91 Å². The summed E-state index contributed by atoms with van der Waals surface area (Å²) in [5, 5.41) is 11.6. The number of carbonyl (C=O) groups excluding carboxylic acids is 1. The van der Waals surface area contributed by atoms with Crippen LogP contribution >= 0.6 is 0 Å². The first-order valence-electron chi connectivity index (χ1n) is 5.32. The maximum absolute atomic E-state index is 11.7. The molecule has 4 N–H and O–H groups in total. The largest absolute Gasteiger partial charge is 0.396 e. The Morgan fingerprint density at radius 1 is 1.67 bits per heavy atom. The highest BCUT2D eigenvalue weighted by Crippen LogP contribution is 2.29. The van der Waals surface area contributed by atoms with Crippen molar-refractivity contribution in [3.63, 3.8) is 0 Å². The molecule has 1 aliphatic carbocycles. The Hall–Kier alpha value is -0.650. The standard InChI is InChI=1S/C10H20N2O3/c1-15-7-8(3-6-13)12-9(14)10(11)4-2-5-10/h8,13H,2-7,11H2,1H3,(H,12,14). The van der Waals surface area contributed by atoms with Crippen molar-refractivity contribution in [3.8, 4) is 0 Å². The maximum atomic E-state index is 11.7. The summed E-state index contributed by atoms with van der Waals surface area (Å²) in [6.45, 7) is 0.439. The summed E-state index contributed by atoms with van der Waals surface area (Å²) in [6, 6.07) is -0.145. The predicted octanol–water partition coefficient (Wildman–Crippen LogP) is -0.619. The number of hydrogen-bond acceptors (Lipinski definition) is 4. The zero-order valence-electron chi connectivity index (χ0n) is 9.16. The maximum Gasteiger partial charge on any atom is 0.240 e. The molecular formula is C10H20N2O3. The first kappa shape index (κ1) is 12.4. The van der Waals surface area contributed by atoms with Crippen LogP contribution in [0.25, 0.3) is 0 Å². The molecule has 0 aliphatic heterocycles. The zero-order valence-corrected chi connectivity index (χ0v) is 9.16. The van der Waals surface area contributed by atoms with Gasteiger partial charge in [0.25, 0.3) is 0 Å². The molecule has 0 aromatic carbocycles. The van der Waals surface area contributed by atoms with E-state index in [0.29, 0.717) is 13.0 Å². The highest BCUT2D eigenvalue weighted by atomic mass is 16.5. The van der Waals surface area contributed by atoms with E-state index in [0.717, 1.165) is 19.3 Å². The van der Waals surface area contributed by atoms with Gasteiger partial charge in [-0.1, -0.05) is 0 Å². The van der Waals surface area contributed by atoms with Crippen LogP contribution < -0.4 is 11.1 Å². The third-order valence-corrected chi connectivity index (χ3v) is 2.88. The molecule has 88 valence electrons. The number of carbonyl (C=O) groups is 1. The molecule has 1 saturated carbocycles. The SMILES string of the molecule is COCC(CCO)NC(=O)C1(N)CCC1. The fraction of sp³-hybridized carbons (Fsp3) is 0.900. The molecular weight excluding hydrogens is 196 g/mol. The number of rotatable bonds is 6. The number of hydrogen-bond donors (Lipinski definition) is 3. The van der Waals surface area contributed by atoms with Gasteiger partial charge in [0.1, 0.15) is 0 Å². The number of aliphatic hydroxyl groups excluding tert-OH is 1. The highest BCUT2D eigenvalue weighted by molar-refractivity contribution is 5.87. The average molecular weight is 216 g/mol. The lowest BCUT2D eigenvalue weighted by atomic mass is 9.77. The van der Waals surface area contributed by atoms with Gasteiger partial charge in [-0.15, -0.1) is 0 Å². The summed E-state index contributed by atoms with van der Waals surface area (Å²) in [7, 11) is 1.57. The average Bonchev–Trinajstić information content (AvgIpc) is 2.15. The Labute approximate surface area is 90.0 Å². The minimum atomic E-state index is -0.679. The lowest BCUT2D eigenvalue weighted by Crippen LogP contribution is -2.60. The van der Waals surface area contributed by atoms with Crippen LogP contribution in [0.4, 0.5) is 0 Å². The lowest BCUT2D eigenvalue weighted by molar-refractivity contribution is -0.130. The number of ether oxygens (including phenoxy) is 1. The summed E-state index contributed by atoms with van der Waals surface area (Å²) in [5.74, 6) is -0.121. The molecule has 0 spiro atoms. The topological polar surface area (TPSA) is 84.6 Å². The fourth-order valence-electron chi connectivity index (χ4n) is 1.67. The van der Waals surface area contributed by atoms with E-state index in [2.05, 4.69) is 5.32 Å². The van der Waals surface area contributed by atoms with Crippen LogP contribution in [0.5, 0.6) is 0 Å². The molecule has 0 saturated heterocycles. The quantitative estimate of drug-likeness (QED) is 0.552. The second-order valence-corrected chi connectivity index (χ2v) is 4.15. The molecule has 0 bridgehead atoms. The second kappa shape index (κ2) is 5.44. The lowest BCUT2D eigenvalue weighted by Gasteiger charge is -2.37. The van der Waals surface area contributed by atoms with Crippen LogP contribution in [-0.2, 0) is 9.53 Å². The molecule has 0 heterocycles. The second-order valence-electron chi connectivity index (χ2n) is 4.15. The monoisotopic (exact) mass is 216 g/mol.